The molecule has 0 spiro atoms. The van der Waals surface area contributed by atoms with E-state index >= 15 is 0 Å². The van der Waals surface area contributed by atoms with Crippen molar-refractivity contribution in [3.63, 3.8) is 0 Å². The summed E-state index contributed by atoms with van der Waals surface area (Å²) in [6.07, 6.45) is 0. The molecule has 0 unspecified atom stereocenters. The first-order chi connectivity index (χ1) is 10.4. The van der Waals surface area contributed by atoms with Gasteiger partial charge < -0.3 is 25.9 Å². The van der Waals surface area contributed by atoms with Crippen molar-refractivity contribution in [2.24, 2.45) is 0 Å². The second-order valence-corrected chi connectivity index (χ2v) is 6.38. The van der Waals surface area contributed by atoms with Crippen LogP contribution in [0.2, 0.25) is 0 Å². The molecule has 0 saturated carbocycles. The summed E-state index contributed by atoms with van der Waals surface area (Å²) in [4.78, 5) is 0. The highest BCUT2D eigenvalue weighted by molar-refractivity contribution is 6.74. The molecule has 0 radical (unpaired) electrons. The Bertz CT molecular complexity index is 724. The van der Waals surface area contributed by atoms with Crippen LogP contribution in [0, 0.1) is 0 Å². The van der Waals surface area contributed by atoms with E-state index in [4.69, 9.17) is 0 Å². The normalized spacial score (nSPS) is 16.2. The number of halogens is 6. The van der Waals surface area contributed by atoms with Gasteiger partial charge in [0.05, 0.1) is 0 Å². The van der Waals surface area contributed by atoms with E-state index in [0.717, 1.165) is 24.3 Å². The summed E-state index contributed by atoms with van der Waals surface area (Å²) in [5.74, 6) is 0. The Morgan fingerprint density at radius 2 is 1.00 bits per heavy atom. The number of hydrogen-bond donors (Lipinski definition) is 0. The second kappa shape index (κ2) is 4.58. The molecule has 8 heteroatoms. The van der Waals surface area contributed by atoms with Crippen LogP contribution in [0.5, 0.6) is 0 Å². The third-order valence-corrected chi connectivity index (χ3v) is 4.48. The fourth-order valence-corrected chi connectivity index (χ4v) is 3.18. The molecule has 2 aromatic rings. The molecular formula is C15H12B2F6-2. The van der Waals surface area contributed by atoms with Crippen molar-refractivity contribution in [2.75, 3.05) is 0 Å². The van der Waals surface area contributed by atoms with E-state index in [1.807, 2.05) is 0 Å². The minimum absolute atomic E-state index is 0.413. The van der Waals surface area contributed by atoms with Crippen LogP contribution in [0.25, 0.3) is 11.1 Å². The van der Waals surface area contributed by atoms with E-state index in [-0.39, 0.29) is 0 Å². The highest BCUT2D eigenvalue weighted by atomic mass is 19.4. The van der Waals surface area contributed by atoms with Gasteiger partial charge in [-0.3, -0.25) is 0 Å². The van der Waals surface area contributed by atoms with Gasteiger partial charge >= 0.3 is 14.0 Å². The zero-order chi connectivity index (χ0) is 17.2. The molecule has 0 bridgehead atoms. The van der Waals surface area contributed by atoms with Crippen molar-refractivity contribution in [1.82, 2.24) is 0 Å². The highest BCUT2D eigenvalue weighted by Crippen LogP contribution is 2.48. The first-order valence-electron chi connectivity index (χ1n) is 7.11. The van der Waals surface area contributed by atoms with Crippen molar-refractivity contribution >= 4 is 24.9 Å². The van der Waals surface area contributed by atoms with Gasteiger partial charge in [0.25, 0.3) is 0 Å². The van der Waals surface area contributed by atoms with Crippen molar-refractivity contribution in [3.8, 4) is 11.1 Å². The molecule has 0 aliphatic heterocycles. The minimum atomic E-state index is -5.15. The Kier molecular flexibility index (Phi) is 3.19. The highest BCUT2D eigenvalue weighted by Gasteiger charge is 2.38. The third-order valence-electron chi connectivity index (χ3n) is 4.48. The average Bonchev–Trinajstić information content (AvgIpc) is 2.65. The van der Waals surface area contributed by atoms with Gasteiger partial charge in [-0.15, -0.1) is 10.9 Å². The lowest BCUT2D eigenvalue weighted by Gasteiger charge is -2.25. The van der Waals surface area contributed by atoms with E-state index in [2.05, 4.69) is 0 Å². The van der Waals surface area contributed by atoms with E-state index in [9.17, 15) is 25.9 Å². The molecule has 122 valence electrons. The second-order valence-electron chi connectivity index (χ2n) is 6.38. The monoisotopic (exact) mass is 328 g/mol. The van der Waals surface area contributed by atoms with Gasteiger partial charge in [-0.1, -0.05) is 50.2 Å². The van der Waals surface area contributed by atoms with Crippen LogP contribution in [-0.2, 0) is 5.41 Å². The quantitative estimate of drug-likeness (QED) is 0.575. The molecule has 2 aromatic carbocycles. The largest absolute Gasteiger partial charge is 0.509 e. The maximum atomic E-state index is 13.0. The molecule has 0 saturated heterocycles. The molecule has 23 heavy (non-hydrogen) atoms. The summed E-state index contributed by atoms with van der Waals surface area (Å²) in [7, 11) is 0. The van der Waals surface area contributed by atoms with Gasteiger partial charge in [0.2, 0.25) is 0 Å². The van der Waals surface area contributed by atoms with Gasteiger partial charge in [0.15, 0.2) is 0 Å². The van der Waals surface area contributed by atoms with Gasteiger partial charge in [-0.05, 0) is 22.3 Å². The van der Waals surface area contributed by atoms with Crippen LogP contribution in [0.3, 0.4) is 0 Å². The molecule has 3 rings (SSSR count). The predicted octanol–water partition coefficient (Wildman–Crippen LogP) is 4.10. The Hall–Kier alpha value is -1.85. The van der Waals surface area contributed by atoms with Crippen LogP contribution in [0.1, 0.15) is 25.0 Å². The van der Waals surface area contributed by atoms with Crippen molar-refractivity contribution < 1.29 is 25.9 Å². The standard InChI is InChI=1S/C15H12B2F6/c1-15(2)13-7-9(16(18,19)20)3-5-11(13)12-6-4-10(8-14(12)15)17(21,22)23/h3-8H,1-2H3/q-2. The maximum absolute atomic E-state index is 13.0. The first kappa shape index (κ1) is 16.0. The summed E-state index contributed by atoms with van der Waals surface area (Å²) in [6, 6.07) is 6.82. The Morgan fingerprint density at radius 1 is 0.652 bits per heavy atom. The summed E-state index contributed by atoms with van der Waals surface area (Å²) in [6.45, 7) is -7.00. The number of benzene rings is 2. The van der Waals surface area contributed by atoms with Crippen LogP contribution >= 0.6 is 0 Å². The Balaban J connectivity index is 2.22. The lowest BCUT2D eigenvalue weighted by molar-refractivity contribution is 0.499. The molecule has 0 aromatic heterocycles. The molecule has 0 N–H and O–H groups in total. The van der Waals surface area contributed by atoms with Crippen molar-refractivity contribution in [3.05, 3.63) is 47.5 Å². The molecule has 0 heterocycles. The lowest BCUT2D eigenvalue weighted by atomic mass is 9.73. The van der Waals surface area contributed by atoms with Gasteiger partial charge in [-0.2, -0.15) is 0 Å². The molecular weight excluding hydrogens is 316 g/mol. The summed E-state index contributed by atoms with van der Waals surface area (Å²) in [5, 5.41) is 0. The van der Waals surface area contributed by atoms with E-state index in [1.54, 1.807) is 13.8 Å². The Morgan fingerprint density at radius 3 is 1.30 bits per heavy atom. The first-order valence-corrected chi connectivity index (χ1v) is 7.11. The number of hydrogen-bond acceptors (Lipinski definition) is 0. The fraction of sp³-hybridized carbons (Fsp3) is 0.200. The zero-order valence-corrected chi connectivity index (χ0v) is 12.4. The van der Waals surface area contributed by atoms with Crippen LogP contribution in [0.4, 0.5) is 25.9 Å². The number of fused-ring (bicyclic) bond motifs is 3. The molecule has 0 nitrogen and oxygen atoms in total. The average molecular weight is 328 g/mol. The van der Waals surface area contributed by atoms with Crippen molar-refractivity contribution in [1.29, 1.82) is 0 Å². The fourth-order valence-electron chi connectivity index (χ4n) is 3.18. The molecule has 0 fully saturated rings. The van der Waals surface area contributed by atoms with Gasteiger partial charge in [0, 0.05) is 5.41 Å². The van der Waals surface area contributed by atoms with E-state index < -0.39 is 30.3 Å². The predicted molar refractivity (Wildman–Crippen MR) is 81.4 cm³/mol. The Labute approximate surface area is 129 Å². The summed E-state index contributed by atoms with van der Waals surface area (Å²) < 4.78 is 77.8. The SMILES string of the molecule is CC1(C)c2cc([B-](F)(F)F)ccc2-c2ccc([B-](F)(F)F)cc21. The zero-order valence-electron chi connectivity index (χ0n) is 12.4. The van der Waals surface area contributed by atoms with Crippen molar-refractivity contribution in [2.45, 2.75) is 19.3 Å². The molecule has 0 amide bonds. The van der Waals surface area contributed by atoms with Crippen LogP contribution in [-0.4, -0.2) is 14.0 Å². The molecule has 1 aliphatic rings. The minimum Gasteiger partial charge on any atom is -0.445 e. The lowest BCUT2D eigenvalue weighted by Crippen LogP contribution is -2.35. The van der Waals surface area contributed by atoms with E-state index in [1.165, 1.54) is 12.1 Å². The topological polar surface area (TPSA) is 0 Å². The smallest absolute Gasteiger partial charge is 0.445 e. The molecule has 0 atom stereocenters. The van der Waals surface area contributed by atoms with E-state index in [0.29, 0.717) is 22.3 Å². The maximum Gasteiger partial charge on any atom is 0.509 e. The van der Waals surface area contributed by atoms with Crippen LogP contribution < -0.4 is 10.9 Å². The summed E-state index contributed by atoms with van der Waals surface area (Å²) >= 11 is 0. The van der Waals surface area contributed by atoms with Gasteiger partial charge in [-0.25, -0.2) is 0 Å². The van der Waals surface area contributed by atoms with Gasteiger partial charge in [0.1, 0.15) is 0 Å². The number of rotatable bonds is 2. The molecule has 1 aliphatic carbocycles. The van der Waals surface area contributed by atoms with Crippen LogP contribution in [0.15, 0.2) is 36.4 Å². The third kappa shape index (κ3) is 2.44. The summed E-state index contributed by atoms with van der Waals surface area (Å²) in [5.41, 5.74) is -0.411.